The fourth-order valence-electron chi connectivity index (χ4n) is 3.06. The van der Waals surface area contributed by atoms with Gasteiger partial charge in [-0.05, 0) is 44.9 Å². The summed E-state index contributed by atoms with van der Waals surface area (Å²) >= 11 is 0. The molecule has 0 bridgehead atoms. The first-order valence-electron chi connectivity index (χ1n) is 8.60. The molecule has 7 nitrogen and oxygen atoms in total. The third-order valence-electron chi connectivity index (χ3n) is 4.27. The number of hydrogen-bond donors (Lipinski definition) is 2. The van der Waals surface area contributed by atoms with Gasteiger partial charge in [-0.15, -0.1) is 0 Å². The van der Waals surface area contributed by atoms with Crippen LogP contribution in [0.25, 0.3) is 0 Å². The highest BCUT2D eigenvalue weighted by Crippen LogP contribution is 2.36. The van der Waals surface area contributed by atoms with Crippen LogP contribution in [0.4, 0.5) is 23.7 Å². The van der Waals surface area contributed by atoms with Crippen LogP contribution in [-0.4, -0.2) is 39.3 Å². The minimum absolute atomic E-state index is 0.0199. The Bertz CT molecular complexity index is 821. The van der Waals surface area contributed by atoms with Gasteiger partial charge in [0.15, 0.2) is 5.82 Å². The number of ether oxygens (including phenoxy) is 1. The Morgan fingerprint density at radius 2 is 2.22 bits per heavy atom. The SMILES string of the molecule is CCOc1ccc(C(F)(F)F)cc1NC(=O)N1CCC[C@@H]1c1n[nH]c(C)n1. The van der Waals surface area contributed by atoms with Gasteiger partial charge < -0.3 is 15.0 Å². The highest BCUT2D eigenvalue weighted by Gasteiger charge is 2.34. The number of nitrogens with one attached hydrogen (secondary N) is 2. The Morgan fingerprint density at radius 1 is 1.44 bits per heavy atom. The van der Waals surface area contributed by atoms with Crippen LogP contribution in [0.15, 0.2) is 18.2 Å². The molecule has 2 aromatic rings. The summed E-state index contributed by atoms with van der Waals surface area (Å²) in [4.78, 5) is 18.5. The van der Waals surface area contributed by atoms with E-state index in [0.29, 0.717) is 24.6 Å². The van der Waals surface area contributed by atoms with Crippen LogP contribution in [-0.2, 0) is 6.18 Å². The number of hydrogen-bond acceptors (Lipinski definition) is 4. The normalized spacial score (nSPS) is 17.2. The highest BCUT2D eigenvalue weighted by molar-refractivity contribution is 5.91. The summed E-state index contributed by atoms with van der Waals surface area (Å²) < 4.78 is 44.4. The van der Waals surface area contributed by atoms with Crippen LogP contribution >= 0.6 is 0 Å². The standard InChI is InChI=1S/C17H20F3N5O2/c1-3-27-14-7-6-11(17(18,19)20)9-12(14)22-16(26)25-8-4-5-13(25)15-21-10(2)23-24-15/h6-7,9,13H,3-5,8H2,1-2H3,(H,22,26)(H,21,23,24)/t13-/m1/s1. The topological polar surface area (TPSA) is 83.1 Å². The average molecular weight is 383 g/mol. The molecule has 10 heteroatoms. The largest absolute Gasteiger partial charge is 0.492 e. The molecular formula is C17H20F3N5O2. The number of halogens is 3. The number of aryl methyl sites for hydroxylation is 1. The van der Waals surface area contributed by atoms with Gasteiger partial charge in [-0.2, -0.15) is 18.3 Å². The van der Waals surface area contributed by atoms with Crippen LogP contribution in [0.3, 0.4) is 0 Å². The molecule has 0 saturated carbocycles. The Morgan fingerprint density at radius 3 is 2.85 bits per heavy atom. The summed E-state index contributed by atoms with van der Waals surface area (Å²) in [5, 5.41) is 9.39. The molecule has 1 saturated heterocycles. The second-order valence-electron chi connectivity index (χ2n) is 6.20. The van der Waals surface area contributed by atoms with E-state index in [1.807, 2.05) is 0 Å². The highest BCUT2D eigenvalue weighted by atomic mass is 19.4. The molecule has 3 rings (SSSR count). The molecule has 1 aliphatic rings. The summed E-state index contributed by atoms with van der Waals surface area (Å²) in [6.07, 6.45) is -3.07. The quantitative estimate of drug-likeness (QED) is 0.839. The number of benzene rings is 1. The zero-order valence-electron chi connectivity index (χ0n) is 14.9. The average Bonchev–Trinajstić information content (AvgIpc) is 3.24. The maximum absolute atomic E-state index is 13.0. The van der Waals surface area contributed by atoms with Gasteiger partial charge in [-0.1, -0.05) is 0 Å². The number of alkyl halides is 3. The maximum atomic E-state index is 13.0. The number of urea groups is 1. The first-order chi connectivity index (χ1) is 12.8. The molecule has 1 aliphatic heterocycles. The van der Waals surface area contributed by atoms with Gasteiger partial charge in [0.25, 0.3) is 0 Å². The summed E-state index contributed by atoms with van der Waals surface area (Å²) in [5.74, 6) is 1.31. The number of carbonyl (C=O) groups is 1. The Kier molecular flexibility index (Phi) is 5.24. The van der Waals surface area contributed by atoms with Crippen LogP contribution in [0.5, 0.6) is 5.75 Å². The van der Waals surface area contributed by atoms with Gasteiger partial charge in [-0.3, -0.25) is 5.10 Å². The number of aromatic amines is 1. The van der Waals surface area contributed by atoms with E-state index in [4.69, 9.17) is 4.74 Å². The van der Waals surface area contributed by atoms with E-state index in [1.54, 1.807) is 13.8 Å². The number of amides is 2. The van der Waals surface area contributed by atoms with Crippen molar-refractivity contribution in [3.63, 3.8) is 0 Å². The molecule has 0 aliphatic carbocycles. The van der Waals surface area contributed by atoms with Gasteiger partial charge in [0.05, 0.1) is 23.9 Å². The van der Waals surface area contributed by atoms with E-state index >= 15 is 0 Å². The maximum Gasteiger partial charge on any atom is 0.416 e. The van der Waals surface area contributed by atoms with E-state index in [2.05, 4.69) is 20.5 Å². The monoisotopic (exact) mass is 383 g/mol. The molecule has 1 atom stereocenters. The first-order valence-corrected chi connectivity index (χ1v) is 8.60. The second kappa shape index (κ2) is 7.45. The van der Waals surface area contributed by atoms with Gasteiger partial charge in [-0.25, -0.2) is 9.78 Å². The van der Waals surface area contributed by atoms with Crippen LogP contribution in [0, 0.1) is 6.92 Å². The van der Waals surface area contributed by atoms with Crippen molar-refractivity contribution in [1.29, 1.82) is 0 Å². The molecule has 0 unspecified atom stereocenters. The molecule has 1 aromatic carbocycles. The Hall–Kier alpha value is -2.78. The predicted molar refractivity (Wildman–Crippen MR) is 91.4 cm³/mol. The second-order valence-corrected chi connectivity index (χ2v) is 6.20. The van der Waals surface area contributed by atoms with Crippen LogP contribution in [0.2, 0.25) is 0 Å². The van der Waals surface area contributed by atoms with Crippen molar-refractivity contribution in [1.82, 2.24) is 20.1 Å². The third kappa shape index (κ3) is 4.15. The summed E-state index contributed by atoms with van der Waals surface area (Å²) in [6, 6.07) is 2.18. The van der Waals surface area contributed by atoms with Crippen molar-refractivity contribution in [2.24, 2.45) is 0 Å². The lowest BCUT2D eigenvalue weighted by Crippen LogP contribution is -2.35. The van der Waals surface area contributed by atoms with Gasteiger partial charge in [0, 0.05) is 6.54 Å². The van der Waals surface area contributed by atoms with Crippen LogP contribution < -0.4 is 10.1 Å². The molecular weight excluding hydrogens is 363 g/mol. The zero-order chi connectivity index (χ0) is 19.6. The van der Waals surface area contributed by atoms with E-state index in [9.17, 15) is 18.0 Å². The molecule has 1 aromatic heterocycles. The van der Waals surface area contributed by atoms with E-state index in [1.165, 1.54) is 11.0 Å². The van der Waals surface area contributed by atoms with E-state index < -0.39 is 17.8 Å². The summed E-state index contributed by atoms with van der Waals surface area (Å²) in [5.41, 5.74) is -0.877. The van der Waals surface area contributed by atoms with E-state index in [-0.39, 0.29) is 24.1 Å². The van der Waals surface area contributed by atoms with Gasteiger partial charge >= 0.3 is 12.2 Å². The Labute approximate surface area is 153 Å². The smallest absolute Gasteiger partial charge is 0.416 e. The summed E-state index contributed by atoms with van der Waals surface area (Å²) in [6.45, 7) is 4.20. The van der Waals surface area contributed by atoms with Crippen molar-refractivity contribution in [3.05, 3.63) is 35.4 Å². The molecule has 146 valence electrons. The molecule has 1 fully saturated rings. The number of nitrogens with zero attached hydrogens (tertiary/aromatic N) is 3. The fourth-order valence-corrected chi connectivity index (χ4v) is 3.06. The van der Waals surface area contributed by atoms with Crippen molar-refractivity contribution in [3.8, 4) is 5.75 Å². The number of anilines is 1. The lowest BCUT2D eigenvalue weighted by Gasteiger charge is -2.24. The molecule has 2 heterocycles. The minimum Gasteiger partial charge on any atom is -0.492 e. The van der Waals surface area contributed by atoms with E-state index in [0.717, 1.165) is 18.6 Å². The van der Waals surface area contributed by atoms with Crippen molar-refractivity contribution < 1.29 is 22.7 Å². The predicted octanol–water partition coefficient (Wildman–Crippen LogP) is 3.90. The lowest BCUT2D eigenvalue weighted by molar-refractivity contribution is -0.137. The fraction of sp³-hybridized carbons (Fsp3) is 0.471. The van der Waals surface area contributed by atoms with Crippen molar-refractivity contribution >= 4 is 11.7 Å². The molecule has 2 amide bonds. The molecule has 0 spiro atoms. The third-order valence-corrected chi connectivity index (χ3v) is 4.27. The number of H-pyrrole nitrogens is 1. The number of likely N-dealkylation sites (tertiary alicyclic amines) is 1. The number of rotatable bonds is 4. The Balaban J connectivity index is 1.83. The first kappa shape index (κ1) is 19.0. The molecule has 0 radical (unpaired) electrons. The van der Waals surface area contributed by atoms with Crippen LogP contribution in [0.1, 0.15) is 43.0 Å². The molecule has 27 heavy (non-hydrogen) atoms. The zero-order valence-corrected chi connectivity index (χ0v) is 14.9. The molecule has 2 N–H and O–H groups in total. The summed E-state index contributed by atoms with van der Waals surface area (Å²) in [7, 11) is 0. The van der Waals surface area contributed by atoms with Crippen molar-refractivity contribution in [2.45, 2.75) is 38.9 Å². The van der Waals surface area contributed by atoms with Gasteiger partial charge in [0.1, 0.15) is 11.6 Å². The lowest BCUT2D eigenvalue weighted by atomic mass is 10.1. The van der Waals surface area contributed by atoms with Crippen molar-refractivity contribution in [2.75, 3.05) is 18.5 Å². The van der Waals surface area contributed by atoms with Gasteiger partial charge in [0.2, 0.25) is 0 Å². The number of carbonyl (C=O) groups excluding carboxylic acids is 1. The number of aromatic nitrogens is 3. The minimum atomic E-state index is -4.52.